The predicted octanol–water partition coefficient (Wildman–Crippen LogP) is 5.86. The van der Waals surface area contributed by atoms with E-state index in [1.165, 1.54) is 35.0 Å². The van der Waals surface area contributed by atoms with Crippen LogP contribution in [0, 0.1) is 16.0 Å². The van der Waals surface area contributed by atoms with Crippen molar-refractivity contribution < 1.29 is 37.4 Å². The molecule has 2 heterocycles. The number of aliphatic hydroxyl groups is 1. The van der Waals surface area contributed by atoms with Gasteiger partial charge in [0.15, 0.2) is 0 Å². The Morgan fingerprint density at radius 2 is 1.66 bits per heavy atom. The third kappa shape index (κ3) is 9.42. The molecule has 0 saturated carbocycles. The molecular weight excluding hydrogens is 569 g/mol. The molecule has 1 aliphatic rings. The molecule has 1 atom stereocenters. The van der Waals surface area contributed by atoms with Crippen molar-refractivity contribution in [1.29, 1.82) is 0 Å². The van der Waals surface area contributed by atoms with Gasteiger partial charge in [-0.15, -0.1) is 13.2 Å². The second-order valence-electron chi connectivity index (χ2n) is 9.65. The van der Waals surface area contributed by atoms with Crippen molar-refractivity contribution >= 4 is 23.1 Å². The van der Waals surface area contributed by atoms with E-state index in [0.717, 1.165) is 38.0 Å². The number of alkyl halides is 3. The first kappa shape index (κ1) is 30.3. The number of hydrogen-bond donors (Lipinski definition) is 1. The Hall–Kier alpha value is -3.71. The number of aryl methyl sites for hydroxylation is 1. The van der Waals surface area contributed by atoms with Crippen LogP contribution < -0.4 is 19.1 Å². The van der Waals surface area contributed by atoms with Crippen LogP contribution in [0.3, 0.4) is 0 Å². The third-order valence-corrected chi connectivity index (χ3v) is 7.02. The van der Waals surface area contributed by atoms with Gasteiger partial charge in [0, 0.05) is 25.3 Å². The van der Waals surface area contributed by atoms with Crippen molar-refractivity contribution in [3.05, 3.63) is 70.1 Å². The Bertz CT molecular complexity index is 1270. The summed E-state index contributed by atoms with van der Waals surface area (Å²) < 4.78 is 53.5. The molecule has 1 fully saturated rings. The maximum atomic E-state index is 12.3. The fraction of sp³-hybridized carbons (Fsp3) is 0.444. The Labute approximate surface area is 239 Å². The van der Waals surface area contributed by atoms with Gasteiger partial charge in [0.25, 0.3) is 0 Å². The fourth-order valence-corrected chi connectivity index (χ4v) is 4.72. The summed E-state index contributed by atoms with van der Waals surface area (Å²) in [7, 11) is 0. The minimum atomic E-state index is -4.72. The average Bonchev–Trinajstić information content (AvgIpc) is 3.32. The highest BCUT2D eigenvalue weighted by molar-refractivity contribution is 6.28. The summed E-state index contributed by atoms with van der Waals surface area (Å²) in [6, 6.07) is 13.0. The SMILES string of the molecule is O=[N+]([O-])c1cn(CCC(O)COc2ccc(N3CCC(CCOc4ccc(OC(F)(F)F)cc4)CC3)cc2)c(Cl)n1. The van der Waals surface area contributed by atoms with E-state index in [0.29, 0.717) is 24.0 Å². The van der Waals surface area contributed by atoms with Crippen LogP contribution in [0.1, 0.15) is 25.7 Å². The van der Waals surface area contributed by atoms with E-state index in [1.54, 1.807) is 0 Å². The summed E-state index contributed by atoms with van der Waals surface area (Å²) in [5.74, 6) is 0.990. The summed E-state index contributed by atoms with van der Waals surface area (Å²) >= 11 is 5.89. The van der Waals surface area contributed by atoms with Gasteiger partial charge < -0.3 is 34.3 Å². The molecule has 0 radical (unpaired) electrons. The number of imidazole rings is 1. The Morgan fingerprint density at radius 1 is 1.05 bits per heavy atom. The molecule has 41 heavy (non-hydrogen) atoms. The van der Waals surface area contributed by atoms with Crippen molar-refractivity contribution in [2.24, 2.45) is 5.92 Å². The Balaban J connectivity index is 1.13. The number of nitro groups is 1. The molecule has 0 amide bonds. The number of benzene rings is 2. The summed E-state index contributed by atoms with van der Waals surface area (Å²) in [6.45, 7) is 2.59. The van der Waals surface area contributed by atoms with Crippen LogP contribution in [0.2, 0.25) is 5.28 Å². The van der Waals surface area contributed by atoms with Gasteiger partial charge in [-0.2, -0.15) is 0 Å². The van der Waals surface area contributed by atoms with Gasteiger partial charge in [-0.05, 0) is 102 Å². The molecule has 0 bridgehead atoms. The zero-order chi connectivity index (χ0) is 29.4. The number of nitrogens with zero attached hydrogens (tertiary/aromatic N) is 4. The van der Waals surface area contributed by atoms with Crippen LogP contribution in [0.15, 0.2) is 54.7 Å². The van der Waals surface area contributed by atoms with Crippen LogP contribution in [-0.4, -0.2) is 58.4 Å². The summed E-state index contributed by atoms with van der Waals surface area (Å²) in [5, 5.41) is 21.0. The summed E-state index contributed by atoms with van der Waals surface area (Å²) in [6.07, 6.45) is -1.15. The molecule has 1 N–H and O–H groups in total. The molecule has 1 aliphatic heterocycles. The molecular formula is C27H30ClF3N4O6. The number of aromatic nitrogens is 2. The van der Waals surface area contributed by atoms with E-state index < -0.39 is 17.4 Å². The molecule has 1 aromatic heterocycles. The van der Waals surface area contributed by atoms with Gasteiger partial charge in [-0.3, -0.25) is 4.57 Å². The molecule has 3 aromatic rings. The molecule has 1 unspecified atom stereocenters. The standard InChI is InChI=1S/C27H30ClF3N4O6/c28-26-32-25(35(37)38)17-34(26)15-11-21(36)18-40-23-3-1-20(2-4-23)33-13-9-19(10-14-33)12-16-39-22-5-7-24(8-6-22)41-27(29,30)31/h1-8,17,19,21,36H,9-16,18H2. The zero-order valence-corrected chi connectivity index (χ0v) is 22.8. The first-order valence-electron chi connectivity index (χ1n) is 13.1. The molecule has 0 spiro atoms. The normalized spacial score (nSPS) is 15.0. The monoisotopic (exact) mass is 598 g/mol. The van der Waals surface area contributed by atoms with Crippen molar-refractivity contribution in [1.82, 2.24) is 9.55 Å². The number of piperidine rings is 1. The highest BCUT2D eigenvalue weighted by atomic mass is 35.5. The van der Waals surface area contributed by atoms with Gasteiger partial charge >= 0.3 is 17.5 Å². The van der Waals surface area contributed by atoms with Crippen molar-refractivity contribution in [2.45, 2.75) is 44.7 Å². The van der Waals surface area contributed by atoms with Crippen molar-refractivity contribution in [3.63, 3.8) is 0 Å². The lowest BCUT2D eigenvalue weighted by atomic mass is 9.93. The topological polar surface area (TPSA) is 112 Å². The lowest BCUT2D eigenvalue weighted by Gasteiger charge is -2.33. The molecule has 2 aromatic carbocycles. The number of hydrogen-bond acceptors (Lipinski definition) is 8. The Morgan fingerprint density at radius 3 is 2.27 bits per heavy atom. The lowest BCUT2D eigenvalue weighted by Crippen LogP contribution is -2.34. The highest BCUT2D eigenvalue weighted by Gasteiger charge is 2.31. The maximum Gasteiger partial charge on any atom is 0.573 e. The van der Waals surface area contributed by atoms with E-state index in [9.17, 15) is 28.4 Å². The van der Waals surface area contributed by atoms with Crippen LogP contribution in [0.4, 0.5) is 24.7 Å². The van der Waals surface area contributed by atoms with Crippen LogP contribution in [-0.2, 0) is 6.54 Å². The van der Waals surface area contributed by atoms with Gasteiger partial charge in [0.05, 0.1) is 12.7 Å². The number of halogens is 4. The maximum absolute atomic E-state index is 12.3. The molecule has 10 nitrogen and oxygen atoms in total. The number of ether oxygens (including phenoxy) is 3. The van der Waals surface area contributed by atoms with E-state index in [2.05, 4.69) is 14.6 Å². The average molecular weight is 599 g/mol. The van der Waals surface area contributed by atoms with Gasteiger partial charge in [0.1, 0.15) is 30.1 Å². The van der Waals surface area contributed by atoms with Crippen LogP contribution in [0.25, 0.3) is 0 Å². The van der Waals surface area contributed by atoms with E-state index in [-0.39, 0.29) is 36.4 Å². The van der Waals surface area contributed by atoms with E-state index in [1.807, 2.05) is 24.3 Å². The fourth-order valence-electron chi connectivity index (χ4n) is 4.50. The largest absolute Gasteiger partial charge is 0.573 e. The summed E-state index contributed by atoms with van der Waals surface area (Å²) in [4.78, 5) is 16.1. The van der Waals surface area contributed by atoms with Crippen molar-refractivity contribution in [3.8, 4) is 17.2 Å². The Kier molecular flexibility index (Phi) is 10.2. The number of anilines is 1. The van der Waals surface area contributed by atoms with Gasteiger partial charge in [-0.25, -0.2) is 0 Å². The second-order valence-corrected chi connectivity index (χ2v) is 9.99. The van der Waals surface area contributed by atoms with Crippen molar-refractivity contribution in [2.75, 3.05) is 31.2 Å². The van der Waals surface area contributed by atoms with Crippen LogP contribution in [0.5, 0.6) is 17.2 Å². The molecule has 1 saturated heterocycles. The molecule has 222 valence electrons. The quantitative estimate of drug-likeness (QED) is 0.192. The van der Waals surface area contributed by atoms with E-state index >= 15 is 0 Å². The van der Waals surface area contributed by atoms with E-state index in [4.69, 9.17) is 21.1 Å². The molecule has 14 heteroatoms. The number of aliphatic hydroxyl groups excluding tert-OH is 1. The lowest BCUT2D eigenvalue weighted by molar-refractivity contribution is -0.389. The molecule has 0 aliphatic carbocycles. The van der Waals surface area contributed by atoms with Gasteiger partial charge in [-0.1, -0.05) is 0 Å². The smallest absolute Gasteiger partial charge is 0.494 e. The minimum Gasteiger partial charge on any atom is -0.494 e. The predicted molar refractivity (Wildman–Crippen MR) is 145 cm³/mol. The van der Waals surface area contributed by atoms with Crippen LogP contribution >= 0.6 is 11.6 Å². The zero-order valence-electron chi connectivity index (χ0n) is 22.0. The van der Waals surface area contributed by atoms with Gasteiger partial charge in [0.2, 0.25) is 0 Å². The minimum absolute atomic E-state index is 0.00934. The first-order valence-corrected chi connectivity index (χ1v) is 13.4. The molecule has 4 rings (SSSR count). The number of rotatable bonds is 13. The third-order valence-electron chi connectivity index (χ3n) is 6.72. The second kappa shape index (κ2) is 13.8. The summed E-state index contributed by atoms with van der Waals surface area (Å²) in [5.41, 5.74) is 1.07. The highest BCUT2D eigenvalue weighted by Crippen LogP contribution is 2.28. The first-order chi connectivity index (χ1) is 19.6.